The standard InChI is InChI=1S/C31H36N6O/c1-22-19-36(20-23(2)34-22)21-24-9-11-25(12-10-24)28-7-5-15-33-30(28)31(38)37-16-13-27(14-17-37)35-29-8-4-3-6-26(29)18-32/h3-12,15,22-23,27,34-35H,13-14,16-17,19-21H2,1-2H3/t22-,23+. The number of para-hydroxylation sites is 1. The lowest BCUT2D eigenvalue weighted by Gasteiger charge is -2.36. The average molecular weight is 509 g/mol. The molecule has 2 saturated heterocycles. The number of carbonyl (C=O) groups excluding carboxylic acids is 1. The summed E-state index contributed by atoms with van der Waals surface area (Å²) in [5.74, 6) is -0.0238. The topological polar surface area (TPSA) is 84.3 Å². The van der Waals surface area contributed by atoms with Crippen LogP contribution in [0, 0.1) is 11.3 Å². The third kappa shape index (κ3) is 6.04. The first-order valence-corrected chi connectivity index (χ1v) is 13.6. The summed E-state index contributed by atoms with van der Waals surface area (Å²) >= 11 is 0. The van der Waals surface area contributed by atoms with Gasteiger partial charge in [-0.3, -0.25) is 14.7 Å². The van der Waals surface area contributed by atoms with Crippen molar-refractivity contribution in [3.8, 4) is 17.2 Å². The fourth-order valence-electron chi connectivity index (χ4n) is 5.73. The summed E-state index contributed by atoms with van der Waals surface area (Å²) in [4.78, 5) is 22.5. The number of piperazine rings is 1. The Kier molecular flexibility index (Phi) is 8.02. The van der Waals surface area contributed by atoms with Crippen LogP contribution < -0.4 is 10.6 Å². The first-order chi connectivity index (χ1) is 18.5. The van der Waals surface area contributed by atoms with Gasteiger partial charge in [-0.25, -0.2) is 0 Å². The molecule has 2 aromatic carbocycles. The normalized spacial score (nSPS) is 20.6. The van der Waals surface area contributed by atoms with E-state index in [4.69, 9.17) is 0 Å². The number of pyridine rings is 1. The molecule has 196 valence electrons. The van der Waals surface area contributed by atoms with Crippen LogP contribution in [0.3, 0.4) is 0 Å². The Morgan fingerprint density at radius 1 is 1.03 bits per heavy atom. The second-order valence-electron chi connectivity index (χ2n) is 10.6. The number of hydrogen-bond acceptors (Lipinski definition) is 6. The van der Waals surface area contributed by atoms with Crippen molar-refractivity contribution in [3.05, 3.63) is 83.7 Å². The van der Waals surface area contributed by atoms with Crippen molar-refractivity contribution in [1.29, 1.82) is 5.26 Å². The maximum Gasteiger partial charge on any atom is 0.273 e. The van der Waals surface area contributed by atoms with E-state index in [1.165, 1.54) is 5.56 Å². The number of anilines is 1. The van der Waals surface area contributed by atoms with E-state index in [0.29, 0.717) is 36.4 Å². The molecule has 7 nitrogen and oxygen atoms in total. The van der Waals surface area contributed by atoms with E-state index in [-0.39, 0.29) is 11.9 Å². The zero-order valence-electron chi connectivity index (χ0n) is 22.2. The smallest absolute Gasteiger partial charge is 0.273 e. The molecule has 3 heterocycles. The molecule has 3 aromatic rings. The fourth-order valence-corrected chi connectivity index (χ4v) is 5.73. The lowest BCUT2D eigenvalue weighted by molar-refractivity contribution is 0.0713. The third-order valence-electron chi connectivity index (χ3n) is 7.50. The molecule has 0 aliphatic carbocycles. The van der Waals surface area contributed by atoms with Crippen LogP contribution in [0.25, 0.3) is 11.1 Å². The molecule has 5 rings (SSSR count). The first kappa shape index (κ1) is 25.9. The van der Waals surface area contributed by atoms with E-state index in [1.807, 2.05) is 41.3 Å². The van der Waals surface area contributed by atoms with Crippen molar-refractivity contribution in [2.45, 2.75) is 51.4 Å². The number of amides is 1. The molecule has 0 saturated carbocycles. The predicted molar refractivity (Wildman–Crippen MR) is 151 cm³/mol. The van der Waals surface area contributed by atoms with Gasteiger partial charge in [-0.2, -0.15) is 5.26 Å². The Bertz CT molecular complexity index is 1280. The van der Waals surface area contributed by atoms with Gasteiger partial charge in [-0.1, -0.05) is 42.5 Å². The van der Waals surface area contributed by atoms with Crippen LogP contribution in [0.1, 0.15) is 48.3 Å². The van der Waals surface area contributed by atoms with Crippen molar-refractivity contribution in [2.24, 2.45) is 0 Å². The molecule has 0 bridgehead atoms. The number of likely N-dealkylation sites (tertiary alicyclic amines) is 1. The van der Waals surface area contributed by atoms with Gasteiger partial charge in [0.05, 0.1) is 11.3 Å². The summed E-state index contributed by atoms with van der Waals surface area (Å²) in [6, 6.07) is 23.5. The van der Waals surface area contributed by atoms with Gasteiger partial charge in [0.1, 0.15) is 11.8 Å². The number of nitrogens with zero attached hydrogens (tertiary/aromatic N) is 4. The van der Waals surface area contributed by atoms with E-state index in [0.717, 1.165) is 49.3 Å². The highest BCUT2D eigenvalue weighted by Crippen LogP contribution is 2.26. The summed E-state index contributed by atoms with van der Waals surface area (Å²) < 4.78 is 0. The van der Waals surface area contributed by atoms with Crippen LogP contribution in [0.4, 0.5) is 5.69 Å². The van der Waals surface area contributed by atoms with E-state index < -0.39 is 0 Å². The van der Waals surface area contributed by atoms with Gasteiger partial charge < -0.3 is 15.5 Å². The van der Waals surface area contributed by atoms with Crippen LogP contribution in [-0.4, -0.2) is 65.0 Å². The zero-order valence-corrected chi connectivity index (χ0v) is 22.2. The van der Waals surface area contributed by atoms with Crippen LogP contribution in [0.5, 0.6) is 0 Å². The van der Waals surface area contributed by atoms with Gasteiger partial charge in [0.2, 0.25) is 0 Å². The maximum absolute atomic E-state index is 13.5. The van der Waals surface area contributed by atoms with Gasteiger partial charge in [0.15, 0.2) is 0 Å². The molecule has 0 unspecified atom stereocenters. The summed E-state index contributed by atoms with van der Waals surface area (Å²) in [6.45, 7) is 8.80. The fraction of sp³-hybridized carbons (Fsp3) is 0.387. The molecule has 2 aliphatic heterocycles. The molecule has 1 amide bonds. The molecule has 2 atom stereocenters. The molecular formula is C31H36N6O. The third-order valence-corrected chi connectivity index (χ3v) is 7.50. The zero-order chi connectivity index (χ0) is 26.5. The van der Waals surface area contributed by atoms with Crippen LogP contribution in [0.2, 0.25) is 0 Å². The predicted octanol–water partition coefficient (Wildman–Crippen LogP) is 4.52. The van der Waals surface area contributed by atoms with Gasteiger partial charge in [0.25, 0.3) is 5.91 Å². The molecule has 38 heavy (non-hydrogen) atoms. The molecule has 1 aromatic heterocycles. The van der Waals surface area contributed by atoms with E-state index in [1.54, 1.807) is 6.20 Å². The Morgan fingerprint density at radius 2 is 1.74 bits per heavy atom. The summed E-state index contributed by atoms with van der Waals surface area (Å²) in [6.07, 6.45) is 3.35. The van der Waals surface area contributed by atoms with Gasteiger partial charge in [0, 0.05) is 62.6 Å². The van der Waals surface area contributed by atoms with E-state index >= 15 is 0 Å². The van der Waals surface area contributed by atoms with Crippen LogP contribution >= 0.6 is 0 Å². The van der Waals surface area contributed by atoms with Gasteiger partial charge in [-0.05, 0) is 56.0 Å². The van der Waals surface area contributed by atoms with E-state index in [9.17, 15) is 10.1 Å². The molecule has 0 radical (unpaired) electrons. The lowest BCUT2D eigenvalue weighted by Crippen LogP contribution is -2.53. The van der Waals surface area contributed by atoms with E-state index in [2.05, 4.69) is 64.7 Å². The quantitative estimate of drug-likeness (QED) is 0.509. The van der Waals surface area contributed by atoms with Crippen LogP contribution in [0.15, 0.2) is 66.9 Å². The minimum atomic E-state index is -0.0238. The summed E-state index contributed by atoms with van der Waals surface area (Å²) in [7, 11) is 0. The maximum atomic E-state index is 13.5. The number of rotatable bonds is 6. The highest BCUT2D eigenvalue weighted by molar-refractivity contribution is 5.99. The molecule has 7 heteroatoms. The summed E-state index contributed by atoms with van der Waals surface area (Å²) in [5.41, 5.74) is 5.17. The molecule has 0 spiro atoms. The highest BCUT2D eigenvalue weighted by Gasteiger charge is 2.27. The van der Waals surface area contributed by atoms with Crippen LogP contribution in [-0.2, 0) is 6.54 Å². The SMILES string of the molecule is C[C@@H]1CN(Cc2ccc(-c3cccnc3C(=O)N3CCC(Nc4ccccc4C#N)CC3)cc2)C[C@H](C)N1. The van der Waals surface area contributed by atoms with Crippen molar-refractivity contribution in [3.63, 3.8) is 0 Å². The number of nitrogens with one attached hydrogen (secondary N) is 2. The van der Waals surface area contributed by atoms with Gasteiger partial charge >= 0.3 is 0 Å². The number of carbonyl (C=O) groups is 1. The average Bonchev–Trinajstić information content (AvgIpc) is 2.93. The number of nitriles is 1. The minimum absolute atomic E-state index is 0.0238. The number of aromatic nitrogens is 1. The van der Waals surface area contributed by atoms with Crippen molar-refractivity contribution >= 4 is 11.6 Å². The number of benzene rings is 2. The second kappa shape index (κ2) is 11.8. The largest absolute Gasteiger partial charge is 0.381 e. The Balaban J connectivity index is 1.23. The Labute approximate surface area is 225 Å². The van der Waals surface area contributed by atoms with Gasteiger partial charge in [-0.15, -0.1) is 0 Å². The van der Waals surface area contributed by atoms with Crippen molar-refractivity contribution < 1.29 is 4.79 Å². The van der Waals surface area contributed by atoms with Crippen molar-refractivity contribution in [1.82, 2.24) is 20.1 Å². The van der Waals surface area contributed by atoms with Crippen molar-refractivity contribution in [2.75, 3.05) is 31.5 Å². The number of hydrogen-bond donors (Lipinski definition) is 2. The molecular weight excluding hydrogens is 472 g/mol. The lowest BCUT2D eigenvalue weighted by atomic mass is 9.99. The first-order valence-electron chi connectivity index (χ1n) is 13.6. The Morgan fingerprint density at radius 3 is 2.45 bits per heavy atom. The molecule has 2 fully saturated rings. The second-order valence-corrected chi connectivity index (χ2v) is 10.6. The summed E-state index contributed by atoms with van der Waals surface area (Å²) in [5, 5.41) is 16.4. The minimum Gasteiger partial charge on any atom is -0.381 e. The highest BCUT2D eigenvalue weighted by atomic mass is 16.2. The monoisotopic (exact) mass is 508 g/mol. The molecule has 2 N–H and O–H groups in total. The Hall–Kier alpha value is -3.73. The number of piperidine rings is 1. The molecule has 2 aliphatic rings.